The molecule has 2 rings (SSSR count). The summed E-state index contributed by atoms with van der Waals surface area (Å²) in [5.41, 5.74) is 3.30. The van der Waals surface area contributed by atoms with E-state index >= 15 is 0 Å². The lowest BCUT2D eigenvalue weighted by atomic mass is 10.2. The number of allylic oxidation sites excluding steroid dienone is 1. The molecular formula is C21H25NO3. The van der Waals surface area contributed by atoms with Gasteiger partial charge in [0.2, 0.25) is 0 Å². The van der Waals surface area contributed by atoms with Crippen LogP contribution in [-0.4, -0.2) is 24.3 Å². The second-order valence-corrected chi connectivity index (χ2v) is 5.55. The Labute approximate surface area is 149 Å². The minimum absolute atomic E-state index is 0.369. The van der Waals surface area contributed by atoms with E-state index in [1.54, 1.807) is 6.08 Å². The van der Waals surface area contributed by atoms with Crippen LogP contribution in [0.5, 0.6) is 5.75 Å². The molecule has 0 N–H and O–H groups in total. The number of hydrogen-bond donors (Lipinski definition) is 0. The van der Waals surface area contributed by atoms with E-state index in [0.29, 0.717) is 13.2 Å². The van der Waals surface area contributed by atoms with Gasteiger partial charge in [-0.3, -0.25) is 0 Å². The Hall–Kier alpha value is -2.75. The van der Waals surface area contributed by atoms with Crippen LogP contribution in [0.2, 0.25) is 0 Å². The monoisotopic (exact) mass is 339 g/mol. The molecule has 0 saturated carbocycles. The zero-order chi connectivity index (χ0) is 18.1. The summed E-state index contributed by atoms with van der Waals surface area (Å²) in [5, 5.41) is 0. The Bertz CT molecular complexity index is 739. The average molecular weight is 339 g/mol. The topological polar surface area (TPSA) is 40.5 Å². The van der Waals surface area contributed by atoms with Crippen molar-refractivity contribution in [3.8, 4) is 5.75 Å². The third kappa shape index (κ3) is 5.38. The molecular weight excluding hydrogens is 314 g/mol. The van der Waals surface area contributed by atoms with Crippen molar-refractivity contribution in [1.29, 1.82) is 0 Å². The minimum Gasteiger partial charge on any atom is -0.492 e. The lowest BCUT2D eigenvalue weighted by Crippen LogP contribution is -2.09. The highest BCUT2D eigenvalue weighted by Gasteiger charge is 2.05. The van der Waals surface area contributed by atoms with Gasteiger partial charge in [0, 0.05) is 18.0 Å². The first kappa shape index (κ1) is 18.6. The average Bonchev–Trinajstić information content (AvgIpc) is 3.02. The van der Waals surface area contributed by atoms with Gasteiger partial charge in [-0.1, -0.05) is 31.2 Å². The zero-order valence-corrected chi connectivity index (χ0v) is 15.1. The Kier molecular flexibility index (Phi) is 7.08. The maximum Gasteiger partial charge on any atom is 0.330 e. The third-order valence-electron chi connectivity index (χ3n) is 3.90. The van der Waals surface area contributed by atoms with Crippen LogP contribution in [0.3, 0.4) is 0 Å². The zero-order valence-electron chi connectivity index (χ0n) is 15.1. The van der Waals surface area contributed by atoms with E-state index in [-0.39, 0.29) is 5.97 Å². The van der Waals surface area contributed by atoms with Gasteiger partial charge in [-0.15, -0.1) is 0 Å². The fourth-order valence-corrected chi connectivity index (χ4v) is 2.51. The van der Waals surface area contributed by atoms with Crippen molar-refractivity contribution in [3.63, 3.8) is 0 Å². The molecule has 0 aliphatic carbocycles. The van der Waals surface area contributed by atoms with Crippen molar-refractivity contribution >= 4 is 18.1 Å². The lowest BCUT2D eigenvalue weighted by molar-refractivity contribution is -0.134. The molecule has 4 heteroatoms. The first-order chi connectivity index (χ1) is 12.2. The number of methoxy groups -OCH3 is 1. The van der Waals surface area contributed by atoms with Crippen LogP contribution in [0.25, 0.3) is 12.2 Å². The van der Waals surface area contributed by atoms with E-state index in [1.807, 2.05) is 43.5 Å². The van der Waals surface area contributed by atoms with Crippen LogP contribution in [0.4, 0.5) is 0 Å². The van der Waals surface area contributed by atoms with Gasteiger partial charge in [0.1, 0.15) is 12.4 Å². The number of esters is 1. The Morgan fingerprint density at radius 3 is 2.56 bits per heavy atom. The molecule has 0 radical (unpaired) electrons. The quantitative estimate of drug-likeness (QED) is 0.530. The van der Waals surface area contributed by atoms with Gasteiger partial charge in [-0.25, -0.2) is 4.79 Å². The third-order valence-corrected chi connectivity index (χ3v) is 3.90. The molecule has 0 unspecified atom stereocenters. The molecule has 132 valence electrons. The molecule has 1 heterocycles. The summed E-state index contributed by atoms with van der Waals surface area (Å²) in [4.78, 5) is 11.4. The highest BCUT2D eigenvalue weighted by Crippen LogP contribution is 2.17. The number of carbonyl (C=O) groups is 1. The van der Waals surface area contributed by atoms with Gasteiger partial charge in [0.25, 0.3) is 0 Å². The predicted molar refractivity (Wildman–Crippen MR) is 102 cm³/mol. The van der Waals surface area contributed by atoms with E-state index in [4.69, 9.17) is 4.74 Å². The standard InChI is InChI=1S/C21H25NO3/c1-4-6-18-13-14-22(20(18)11-12-21(23)24-3)15-16-25-19-9-7-17(5-2)8-10-19/h4,6-14H,5,15-16H2,1-3H3/b6-4-,12-11+. The summed E-state index contributed by atoms with van der Waals surface area (Å²) in [7, 11) is 1.37. The minimum atomic E-state index is -0.369. The Morgan fingerprint density at radius 2 is 1.92 bits per heavy atom. The molecule has 1 aromatic carbocycles. The van der Waals surface area contributed by atoms with Gasteiger partial charge >= 0.3 is 5.97 Å². The molecule has 0 spiro atoms. The fourth-order valence-electron chi connectivity index (χ4n) is 2.51. The number of hydrogen-bond acceptors (Lipinski definition) is 3. The molecule has 0 aliphatic heterocycles. The van der Waals surface area contributed by atoms with E-state index in [2.05, 4.69) is 28.4 Å². The smallest absolute Gasteiger partial charge is 0.330 e. The number of carbonyl (C=O) groups excluding carboxylic acids is 1. The van der Waals surface area contributed by atoms with Crippen molar-refractivity contribution in [3.05, 3.63) is 65.5 Å². The normalized spacial score (nSPS) is 11.3. The molecule has 0 aliphatic rings. The summed E-state index contributed by atoms with van der Waals surface area (Å²) >= 11 is 0. The molecule has 4 nitrogen and oxygen atoms in total. The number of nitrogens with zero attached hydrogens (tertiary/aromatic N) is 1. The largest absolute Gasteiger partial charge is 0.492 e. The fraction of sp³-hybridized carbons (Fsp3) is 0.286. The summed E-state index contributed by atoms with van der Waals surface area (Å²) in [6.07, 6.45) is 10.2. The van der Waals surface area contributed by atoms with Gasteiger partial charge in [-0.2, -0.15) is 0 Å². The summed E-state index contributed by atoms with van der Waals surface area (Å²) < 4.78 is 12.6. The van der Waals surface area contributed by atoms with Crippen molar-refractivity contribution in [2.24, 2.45) is 0 Å². The SMILES string of the molecule is C/C=C\c1ccn(CCOc2ccc(CC)cc2)c1/C=C/C(=O)OC. The van der Waals surface area contributed by atoms with Crippen LogP contribution in [0, 0.1) is 0 Å². The predicted octanol–water partition coefficient (Wildman–Crippen LogP) is 4.35. The van der Waals surface area contributed by atoms with Crippen LogP contribution in [0.1, 0.15) is 30.7 Å². The van der Waals surface area contributed by atoms with Crippen LogP contribution in [0.15, 0.2) is 48.7 Å². The first-order valence-electron chi connectivity index (χ1n) is 8.47. The van der Waals surface area contributed by atoms with Gasteiger partial charge in [0.05, 0.1) is 13.7 Å². The maximum atomic E-state index is 11.4. The first-order valence-corrected chi connectivity index (χ1v) is 8.47. The van der Waals surface area contributed by atoms with Crippen LogP contribution >= 0.6 is 0 Å². The van der Waals surface area contributed by atoms with Crippen LogP contribution < -0.4 is 4.74 Å². The molecule has 0 bridgehead atoms. The molecule has 2 aromatic rings. The molecule has 25 heavy (non-hydrogen) atoms. The number of ether oxygens (including phenoxy) is 2. The maximum absolute atomic E-state index is 11.4. The molecule has 0 amide bonds. The summed E-state index contributed by atoms with van der Waals surface area (Å²) in [6.45, 7) is 5.34. The second kappa shape index (κ2) is 9.52. The highest BCUT2D eigenvalue weighted by molar-refractivity contribution is 5.87. The van der Waals surface area contributed by atoms with Crippen molar-refractivity contribution < 1.29 is 14.3 Å². The van der Waals surface area contributed by atoms with E-state index in [0.717, 1.165) is 23.4 Å². The van der Waals surface area contributed by atoms with E-state index < -0.39 is 0 Å². The summed E-state index contributed by atoms with van der Waals surface area (Å²) in [5.74, 6) is 0.496. The molecule has 0 saturated heterocycles. The Balaban J connectivity index is 2.05. The lowest BCUT2D eigenvalue weighted by Gasteiger charge is -2.10. The molecule has 1 aromatic heterocycles. The van der Waals surface area contributed by atoms with Crippen molar-refractivity contribution in [2.75, 3.05) is 13.7 Å². The van der Waals surface area contributed by atoms with E-state index in [9.17, 15) is 4.79 Å². The van der Waals surface area contributed by atoms with Gasteiger partial charge < -0.3 is 14.0 Å². The molecule has 0 atom stereocenters. The van der Waals surface area contributed by atoms with Crippen molar-refractivity contribution in [2.45, 2.75) is 26.8 Å². The van der Waals surface area contributed by atoms with Gasteiger partial charge in [-0.05, 0) is 48.7 Å². The number of rotatable bonds is 8. The Morgan fingerprint density at radius 1 is 1.16 bits per heavy atom. The number of benzene rings is 1. The van der Waals surface area contributed by atoms with Crippen LogP contribution in [-0.2, 0) is 22.5 Å². The molecule has 0 fully saturated rings. The van der Waals surface area contributed by atoms with E-state index in [1.165, 1.54) is 18.7 Å². The second-order valence-electron chi connectivity index (χ2n) is 5.55. The number of aryl methyl sites for hydroxylation is 1. The van der Waals surface area contributed by atoms with Gasteiger partial charge in [0.15, 0.2) is 0 Å². The van der Waals surface area contributed by atoms with Crippen molar-refractivity contribution in [1.82, 2.24) is 4.57 Å². The summed E-state index contributed by atoms with van der Waals surface area (Å²) in [6, 6.07) is 10.2. The number of aromatic nitrogens is 1. The highest BCUT2D eigenvalue weighted by atomic mass is 16.5.